The number of hydrogen-bond acceptors (Lipinski definition) is 4. The lowest BCUT2D eigenvalue weighted by Crippen LogP contribution is -2.46. The summed E-state index contributed by atoms with van der Waals surface area (Å²) in [5, 5.41) is 2.70. The Kier molecular flexibility index (Phi) is 7.03. The van der Waals surface area contributed by atoms with Gasteiger partial charge in [-0.15, -0.1) is 11.3 Å². The molecule has 178 valence electrons. The number of likely N-dealkylation sites (tertiary alicyclic amines) is 1. The minimum Gasteiger partial charge on any atom is -0.331 e. The number of rotatable bonds is 4. The van der Waals surface area contributed by atoms with Crippen LogP contribution < -0.4 is 4.90 Å². The number of aryl methyl sites for hydroxylation is 3. The van der Waals surface area contributed by atoms with Crippen molar-refractivity contribution in [2.24, 2.45) is 5.92 Å². The molecule has 1 aliphatic rings. The second-order valence-corrected chi connectivity index (χ2v) is 10.1. The molecule has 2 aromatic carbocycles. The molecule has 1 aromatic heterocycles. The van der Waals surface area contributed by atoms with Crippen LogP contribution >= 0.6 is 11.3 Å². The van der Waals surface area contributed by atoms with E-state index in [4.69, 9.17) is 4.98 Å². The molecule has 2 heterocycles. The van der Waals surface area contributed by atoms with Gasteiger partial charge in [0.15, 0.2) is 5.13 Å². The summed E-state index contributed by atoms with van der Waals surface area (Å²) in [6.07, 6.45) is 1.30. The molecule has 0 bridgehead atoms. The van der Waals surface area contributed by atoms with Crippen molar-refractivity contribution in [3.63, 3.8) is 0 Å². The molecule has 1 aliphatic heterocycles. The van der Waals surface area contributed by atoms with Crippen LogP contribution in [-0.4, -0.2) is 53.9 Å². The zero-order chi connectivity index (χ0) is 24.4. The van der Waals surface area contributed by atoms with Gasteiger partial charge in [0.05, 0.1) is 11.4 Å². The first-order valence-corrected chi connectivity index (χ1v) is 12.5. The van der Waals surface area contributed by atoms with Crippen molar-refractivity contribution in [2.75, 3.05) is 32.1 Å². The normalized spacial score (nSPS) is 14.2. The summed E-state index contributed by atoms with van der Waals surface area (Å²) in [6.45, 7) is 7.30. The van der Waals surface area contributed by atoms with E-state index in [0.29, 0.717) is 31.1 Å². The zero-order valence-corrected chi connectivity index (χ0v) is 21.4. The molecule has 1 saturated heterocycles. The number of nitrogens with zero attached hydrogens (tertiary/aromatic N) is 4. The van der Waals surface area contributed by atoms with Crippen molar-refractivity contribution < 1.29 is 9.59 Å². The highest BCUT2D eigenvalue weighted by Crippen LogP contribution is 2.37. The smallest absolute Gasteiger partial charge is 0.319 e. The number of carbonyl (C=O) groups excluding carboxylic acids is 2. The fraction of sp³-hybridized carbons (Fsp3) is 0.370. The molecule has 7 heteroatoms. The largest absolute Gasteiger partial charge is 0.331 e. The molecule has 0 spiro atoms. The molecule has 3 amide bonds. The molecule has 1 fully saturated rings. The van der Waals surface area contributed by atoms with Crippen LogP contribution in [-0.2, 0) is 4.79 Å². The minimum atomic E-state index is -0.155. The van der Waals surface area contributed by atoms with Crippen molar-refractivity contribution in [1.29, 1.82) is 0 Å². The predicted octanol–water partition coefficient (Wildman–Crippen LogP) is 5.79. The molecule has 0 radical (unpaired) electrons. The molecule has 4 rings (SSSR count). The van der Waals surface area contributed by atoms with Crippen molar-refractivity contribution in [3.05, 3.63) is 64.5 Å². The van der Waals surface area contributed by atoms with Gasteiger partial charge in [-0.3, -0.25) is 9.69 Å². The van der Waals surface area contributed by atoms with Gasteiger partial charge in [-0.2, -0.15) is 0 Å². The minimum absolute atomic E-state index is 0.0000492. The molecular formula is C27H32N4O2S. The summed E-state index contributed by atoms with van der Waals surface area (Å²) in [6, 6.07) is 14.5. The Labute approximate surface area is 205 Å². The number of urea groups is 1. The van der Waals surface area contributed by atoms with E-state index in [2.05, 4.69) is 49.4 Å². The van der Waals surface area contributed by atoms with Crippen molar-refractivity contribution in [2.45, 2.75) is 33.6 Å². The van der Waals surface area contributed by atoms with E-state index in [0.717, 1.165) is 28.1 Å². The maximum atomic E-state index is 13.9. The summed E-state index contributed by atoms with van der Waals surface area (Å²) in [7, 11) is 3.52. The Morgan fingerprint density at radius 2 is 1.62 bits per heavy atom. The first kappa shape index (κ1) is 24.0. The summed E-state index contributed by atoms with van der Waals surface area (Å²) in [5.74, 6) is -0.103. The zero-order valence-electron chi connectivity index (χ0n) is 20.5. The lowest BCUT2D eigenvalue weighted by molar-refractivity contribution is -0.122. The van der Waals surface area contributed by atoms with Crippen LogP contribution in [0.1, 0.15) is 29.5 Å². The summed E-state index contributed by atoms with van der Waals surface area (Å²) >= 11 is 1.49. The van der Waals surface area contributed by atoms with Crippen LogP contribution in [0.25, 0.3) is 11.3 Å². The summed E-state index contributed by atoms with van der Waals surface area (Å²) in [4.78, 5) is 36.4. The fourth-order valence-electron chi connectivity index (χ4n) is 4.28. The Hall–Kier alpha value is -3.19. The first-order chi connectivity index (χ1) is 16.2. The average molecular weight is 477 g/mol. The molecule has 0 N–H and O–H groups in total. The van der Waals surface area contributed by atoms with Gasteiger partial charge in [-0.1, -0.05) is 42.0 Å². The number of thiazole rings is 1. The molecule has 6 nitrogen and oxygen atoms in total. The predicted molar refractivity (Wildman–Crippen MR) is 139 cm³/mol. The molecule has 34 heavy (non-hydrogen) atoms. The third kappa shape index (κ3) is 4.99. The van der Waals surface area contributed by atoms with E-state index in [9.17, 15) is 9.59 Å². The van der Waals surface area contributed by atoms with Crippen molar-refractivity contribution in [3.8, 4) is 11.3 Å². The van der Waals surface area contributed by atoms with E-state index >= 15 is 0 Å². The monoisotopic (exact) mass is 476 g/mol. The highest BCUT2D eigenvalue weighted by Gasteiger charge is 2.33. The lowest BCUT2D eigenvalue weighted by atomic mass is 9.95. The molecule has 0 atom stereocenters. The second kappa shape index (κ2) is 9.97. The van der Waals surface area contributed by atoms with Crippen LogP contribution in [0.2, 0.25) is 0 Å². The van der Waals surface area contributed by atoms with Gasteiger partial charge in [0.1, 0.15) is 0 Å². The van der Waals surface area contributed by atoms with E-state index in [1.54, 1.807) is 23.9 Å². The van der Waals surface area contributed by atoms with E-state index in [1.807, 2.05) is 24.1 Å². The van der Waals surface area contributed by atoms with Crippen molar-refractivity contribution in [1.82, 2.24) is 14.8 Å². The topological polar surface area (TPSA) is 56.8 Å². The van der Waals surface area contributed by atoms with E-state index in [1.165, 1.54) is 16.9 Å². The highest BCUT2D eigenvalue weighted by molar-refractivity contribution is 7.14. The Bertz CT molecular complexity index is 1180. The second-order valence-electron chi connectivity index (χ2n) is 9.28. The Balaban J connectivity index is 1.65. The number of hydrogen-bond donors (Lipinski definition) is 0. The van der Waals surface area contributed by atoms with Gasteiger partial charge in [0, 0.05) is 44.0 Å². The maximum absolute atomic E-state index is 13.9. The quantitative estimate of drug-likeness (QED) is 0.479. The van der Waals surface area contributed by atoms with Gasteiger partial charge in [-0.25, -0.2) is 9.78 Å². The first-order valence-electron chi connectivity index (χ1n) is 11.6. The number of amides is 3. The number of benzene rings is 2. The average Bonchev–Trinajstić information content (AvgIpc) is 3.31. The number of anilines is 2. The SMILES string of the molecule is Cc1ccc(-c2csc(N(C(=O)C3CCN(C(=O)N(C)C)CC3)c3cc(C)ccc3C)n2)cc1. The number of carbonyl (C=O) groups is 2. The number of piperidine rings is 1. The molecule has 0 saturated carbocycles. The van der Waals surface area contributed by atoms with E-state index in [-0.39, 0.29) is 17.9 Å². The van der Waals surface area contributed by atoms with Gasteiger partial charge in [0.25, 0.3) is 0 Å². The van der Waals surface area contributed by atoms with E-state index < -0.39 is 0 Å². The standard InChI is InChI=1S/C27H32N4O2S/c1-18-7-10-21(11-8-18)23-17-34-26(28-23)31(24-16-19(2)6-9-20(24)3)25(32)22-12-14-30(15-13-22)27(33)29(4)5/h6-11,16-17,22H,12-15H2,1-5H3. The van der Waals surface area contributed by atoms with Gasteiger partial charge >= 0.3 is 6.03 Å². The van der Waals surface area contributed by atoms with Crippen LogP contribution in [0.15, 0.2) is 47.8 Å². The molecule has 0 aliphatic carbocycles. The fourth-order valence-corrected chi connectivity index (χ4v) is 5.13. The van der Waals surface area contributed by atoms with Gasteiger partial charge in [0.2, 0.25) is 5.91 Å². The van der Waals surface area contributed by atoms with Crippen LogP contribution in [0.5, 0.6) is 0 Å². The Morgan fingerprint density at radius 3 is 2.26 bits per heavy atom. The van der Waals surface area contributed by atoms with Crippen LogP contribution in [0.4, 0.5) is 15.6 Å². The summed E-state index contributed by atoms with van der Waals surface area (Å²) in [5.41, 5.74) is 6.12. The van der Waals surface area contributed by atoms with Gasteiger partial charge in [-0.05, 0) is 50.8 Å². The third-order valence-electron chi connectivity index (χ3n) is 6.35. The highest BCUT2D eigenvalue weighted by atomic mass is 32.1. The molecule has 0 unspecified atom stereocenters. The maximum Gasteiger partial charge on any atom is 0.319 e. The summed E-state index contributed by atoms with van der Waals surface area (Å²) < 4.78 is 0. The Morgan fingerprint density at radius 1 is 0.971 bits per heavy atom. The van der Waals surface area contributed by atoms with Crippen LogP contribution in [0.3, 0.4) is 0 Å². The third-order valence-corrected chi connectivity index (χ3v) is 7.18. The van der Waals surface area contributed by atoms with Crippen LogP contribution in [0, 0.1) is 26.7 Å². The molecular weight excluding hydrogens is 444 g/mol. The van der Waals surface area contributed by atoms with Crippen molar-refractivity contribution >= 4 is 34.1 Å². The van der Waals surface area contributed by atoms with Gasteiger partial charge < -0.3 is 9.80 Å². The molecule has 3 aromatic rings. The lowest BCUT2D eigenvalue weighted by Gasteiger charge is -2.35. The number of aromatic nitrogens is 1.